The van der Waals surface area contributed by atoms with Gasteiger partial charge in [-0.3, -0.25) is 0 Å². The van der Waals surface area contributed by atoms with Crippen molar-refractivity contribution in [3.05, 3.63) is 15.6 Å². The summed E-state index contributed by atoms with van der Waals surface area (Å²) in [4.78, 5) is 6.23. The van der Waals surface area contributed by atoms with Gasteiger partial charge in [-0.25, -0.2) is 4.98 Å². The normalized spacial score (nSPS) is 10.9. The molecule has 1 nitrogen and oxygen atoms in total. The van der Waals surface area contributed by atoms with Gasteiger partial charge in [0.05, 0.1) is 10.7 Å². The molecule has 1 aromatic rings. The minimum atomic E-state index is 1.09. The summed E-state index contributed by atoms with van der Waals surface area (Å²) in [6, 6.07) is 0. The molecule has 1 rings (SSSR count). The Morgan fingerprint density at radius 3 is 2.31 bits per heavy atom. The highest BCUT2D eigenvalue weighted by Crippen LogP contribution is 2.22. The molecule has 0 radical (unpaired) electrons. The van der Waals surface area contributed by atoms with E-state index in [-0.39, 0.29) is 0 Å². The summed E-state index contributed by atoms with van der Waals surface area (Å²) >= 11 is 1.94. The van der Waals surface area contributed by atoms with E-state index in [1.54, 1.807) is 4.88 Å². The quantitative estimate of drug-likeness (QED) is 0.595. The highest BCUT2D eigenvalue weighted by atomic mass is 32.1. The van der Waals surface area contributed by atoms with Crippen molar-refractivity contribution in [3.63, 3.8) is 0 Å². The molecule has 0 aliphatic heterocycles. The molecule has 0 bridgehead atoms. The van der Waals surface area contributed by atoms with Crippen LogP contribution in [-0.2, 0) is 19.3 Å². The lowest BCUT2D eigenvalue weighted by Gasteiger charge is -2.00. The summed E-state index contributed by atoms with van der Waals surface area (Å²) in [6.07, 6.45) is 10.3. The van der Waals surface area contributed by atoms with Crippen molar-refractivity contribution in [2.75, 3.05) is 0 Å². The minimum absolute atomic E-state index is 1.09. The largest absolute Gasteiger partial charge is 0.246 e. The average molecular weight is 239 g/mol. The average Bonchev–Trinajstić information content (AvgIpc) is 2.71. The number of nitrogens with zero attached hydrogens (tertiary/aromatic N) is 1. The Balaban J connectivity index is 2.37. The summed E-state index contributed by atoms with van der Waals surface area (Å²) in [6.45, 7) is 6.68. The lowest BCUT2D eigenvalue weighted by Crippen LogP contribution is -1.89. The molecular weight excluding hydrogens is 214 g/mol. The Hall–Kier alpha value is -0.370. The molecule has 0 aromatic carbocycles. The van der Waals surface area contributed by atoms with Gasteiger partial charge in [0, 0.05) is 4.88 Å². The highest BCUT2D eigenvalue weighted by Gasteiger charge is 2.07. The zero-order valence-electron chi connectivity index (χ0n) is 11.0. The lowest BCUT2D eigenvalue weighted by atomic mass is 10.1. The van der Waals surface area contributed by atoms with E-state index < -0.39 is 0 Å². The standard InChI is InChI=1S/C14H25NS/c1-4-7-8-9-10-11-13-12(5-2)15-14(6-3)16-13/h4-11H2,1-3H3. The van der Waals surface area contributed by atoms with Gasteiger partial charge in [0.1, 0.15) is 0 Å². The van der Waals surface area contributed by atoms with Crippen molar-refractivity contribution in [3.8, 4) is 0 Å². The molecule has 1 aromatic heterocycles. The van der Waals surface area contributed by atoms with Gasteiger partial charge in [-0.2, -0.15) is 0 Å². The second-order valence-corrected chi connectivity index (χ2v) is 5.52. The Morgan fingerprint density at radius 2 is 1.69 bits per heavy atom. The van der Waals surface area contributed by atoms with E-state index in [1.807, 2.05) is 11.3 Å². The number of hydrogen-bond donors (Lipinski definition) is 0. The molecule has 0 amide bonds. The molecule has 0 saturated carbocycles. The summed E-state index contributed by atoms with van der Waals surface area (Å²) < 4.78 is 0. The lowest BCUT2D eigenvalue weighted by molar-refractivity contribution is 0.633. The maximum Gasteiger partial charge on any atom is 0.0928 e. The predicted octanol–water partition coefficient (Wildman–Crippen LogP) is 4.78. The fourth-order valence-electron chi connectivity index (χ4n) is 1.95. The van der Waals surface area contributed by atoms with Crippen LogP contribution in [0.5, 0.6) is 0 Å². The van der Waals surface area contributed by atoms with Crippen molar-refractivity contribution in [2.45, 2.75) is 72.1 Å². The van der Waals surface area contributed by atoms with Crippen molar-refractivity contribution >= 4 is 11.3 Å². The zero-order chi connectivity index (χ0) is 11.8. The van der Waals surface area contributed by atoms with E-state index in [2.05, 4.69) is 25.8 Å². The van der Waals surface area contributed by atoms with Crippen molar-refractivity contribution in [1.29, 1.82) is 0 Å². The number of thiazole rings is 1. The van der Waals surface area contributed by atoms with E-state index in [4.69, 9.17) is 0 Å². The van der Waals surface area contributed by atoms with Gasteiger partial charge in [0.25, 0.3) is 0 Å². The fourth-order valence-corrected chi connectivity index (χ4v) is 3.09. The maximum absolute atomic E-state index is 4.68. The number of rotatable bonds is 8. The van der Waals surface area contributed by atoms with Crippen LogP contribution in [0.15, 0.2) is 0 Å². The molecule has 16 heavy (non-hydrogen) atoms. The van der Waals surface area contributed by atoms with E-state index in [0.29, 0.717) is 0 Å². The minimum Gasteiger partial charge on any atom is -0.246 e. The molecule has 0 atom stereocenters. The van der Waals surface area contributed by atoms with Gasteiger partial charge in [-0.15, -0.1) is 11.3 Å². The molecule has 0 fully saturated rings. The van der Waals surface area contributed by atoms with Crippen LogP contribution in [-0.4, -0.2) is 4.98 Å². The van der Waals surface area contributed by atoms with Crippen LogP contribution in [0.4, 0.5) is 0 Å². The van der Waals surface area contributed by atoms with Crippen LogP contribution in [0.2, 0.25) is 0 Å². The first-order valence-corrected chi connectivity index (χ1v) is 7.60. The summed E-state index contributed by atoms with van der Waals surface area (Å²) in [5.41, 5.74) is 1.36. The molecule has 0 aliphatic rings. The Bertz CT molecular complexity index is 291. The predicted molar refractivity (Wildman–Crippen MR) is 73.3 cm³/mol. The van der Waals surface area contributed by atoms with Gasteiger partial charge in [-0.1, -0.05) is 46.5 Å². The SMILES string of the molecule is CCCCCCCc1sc(CC)nc1CC. The summed E-state index contributed by atoms with van der Waals surface area (Å²) in [5.74, 6) is 0. The van der Waals surface area contributed by atoms with Crippen LogP contribution in [0, 0.1) is 0 Å². The summed E-state index contributed by atoms with van der Waals surface area (Å²) in [5, 5.41) is 1.32. The number of aryl methyl sites for hydroxylation is 3. The van der Waals surface area contributed by atoms with Crippen LogP contribution in [0.1, 0.15) is 68.5 Å². The van der Waals surface area contributed by atoms with Crippen molar-refractivity contribution in [2.24, 2.45) is 0 Å². The Morgan fingerprint density at radius 1 is 0.938 bits per heavy atom. The first kappa shape index (κ1) is 13.7. The van der Waals surface area contributed by atoms with Gasteiger partial charge >= 0.3 is 0 Å². The molecule has 0 aliphatic carbocycles. The van der Waals surface area contributed by atoms with Crippen LogP contribution in [0.3, 0.4) is 0 Å². The third-order valence-electron chi connectivity index (χ3n) is 2.97. The van der Waals surface area contributed by atoms with E-state index >= 15 is 0 Å². The second-order valence-electron chi connectivity index (χ2n) is 4.35. The van der Waals surface area contributed by atoms with Crippen LogP contribution in [0.25, 0.3) is 0 Å². The van der Waals surface area contributed by atoms with E-state index in [9.17, 15) is 0 Å². The third kappa shape index (κ3) is 4.25. The fraction of sp³-hybridized carbons (Fsp3) is 0.786. The Kier molecular flexibility index (Phi) is 6.70. The molecular formula is C14H25NS. The van der Waals surface area contributed by atoms with Gasteiger partial charge in [0.2, 0.25) is 0 Å². The number of hydrogen-bond acceptors (Lipinski definition) is 2. The molecule has 0 saturated heterocycles. The van der Waals surface area contributed by atoms with Crippen molar-refractivity contribution in [1.82, 2.24) is 4.98 Å². The molecule has 0 N–H and O–H groups in total. The smallest absolute Gasteiger partial charge is 0.0928 e. The van der Waals surface area contributed by atoms with E-state index in [1.165, 1.54) is 49.2 Å². The topological polar surface area (TPSA) is 12.9 Å². The molecule has 1 heterocycles. The van der Waals surface area contributed by atoms with Gasteiger partial charge in [-0.05, 0) is 25.7 Å². The number of unbranched alkanes of at least 4 members (excludes halogenated alkanes) is 4. The number of aromatic nitrogens is 1. The Labute approximate surface area is 104 Å². The molecule has 92 valence electrons. The molecule has 0 spiro atoms. The van der Waals surface area contributed by atoms with Gasteiger partial charge in [0.15, 0.2) is 0 Å². The molecule has 2 heteroatoms. The maximum atomic E-state index is 4.68. The van der Waals surface area contributed by atoms with Gasteiger partial charge < -0.3 is 0 Å². The summed E-state index contributed by atoms with van der Waals surface area (Å²) in [7, 11) is 0. The third-order valence-corrected chi connectivity index (χ3v) is 4.27. The van der Waals surface area contributed by atoms with Crippen LogP contribution < -0.4 is 0 Å². The second kappa shape index (κ2) is 7.83. The van der Waals surface area contributed by atoms with E-state index in [0.717, 1.165) is 12.8 Å². The first-order valence-electron chi connectivity index (χ1n) is 6.79. The zero-order valence-corrected chi connectivity index (χ0v) is 11.8. The highest BCUT2D eigenvalue weighted by molar-refractivity contribution is 7.11. The molecule has 0 unspecified atom stereocenters. The van der Waals surface area contributed by atoms with Crippen LogP contribution >= 0.6 is 11.3 Å². The monoisotopic (exact) mass is 239 g/mol. The van der Waals surface area contributed by atoms with Crippen molar-refractivity contribution < 1.29 is 0 Å². The first-order chi connectivity index (χ1) is 7.81.